The van der Waals surface area contributed by atoms with E-state index in [9.17, 15) is 9.90 Å². The molecule has 2 aromatic rings. The quantitative estimate of drug-likeness (QED) is 0.712. The highest BCUT2D eigenvalue weighted by molar-refractivity contribution is 7.15. The number of nitrogens with zero attached hydrogens (tertiary/aromatic N) is 4. The van der Waals surface area contributed by atoms with E-state index in [4.69, 9.17) is 4.99 Å². The molecule has 1 N–H and O–H groups in total. The highest BCUT2D eigenvalue weighted by Crippen LogP contribution is 2.43. The van der Waals surface area contributed by atoms with Crippen LogP contribution >= 0.6 is 11.3 Å². The maximum atomic E-state index is 11.6. The Morgan fingerprint density at radius 3 is 2.63 bits per heavy atom. The highest BCUT2D eigenvalue weighted by Gasteiger charge is 2.36. The number of hydrogen-bond donors (Lipinski definition) is 1. The molecular formula is C23H28N4O2S. The molecule has 1 aliphatic heterocycles. The number of carboxylic acids is 1. The minimum absolute atomic E-state index is 0.359. The van der Waals surface area contributed by atoms with Crippen molar-refractivity contribution in [1.82, 2.24) is 14.8 Å². The first-order valence-electron chi connectivity index (χ1n) is 10.3. The van der Waals surface area contributed by atoms with E-state index in [-0.39, 0.29) is 5.92 Å². The summed E-state index contributed by atoms with van der Waals surface area (Å²) in [6.45, 7) is 10.4. The fourth-order valence-corrected chi connectivity index (χ4v) is 5.30. The second-order valence-corrected chi connectivity index (χ2v) is 8.02. The summed E-state index contributed by atoms with van der Waals surface area (Å²) in [7, 11) is 0. The lowest BCUT2D eigenvalue weighted by Gasteiger charge is -2.11. The molecule has 0 spiro atoms. The first-order chi connectivity index (χ1) is 14.5. The van der Waals surface area contributed by atoms with E-state index in [0.29, 0.717) is 19.4 Å². The smallest absolute Gasteiger partial charge is 0.307 e. The number of aliphatic imine (C=N–C) groups is 1. The third kappa shape index (κ3) is 3.81. The molecule has 2 aromatic heterocycles. The normalized spacial score (nSPS) is 17.8. The first-order valence-corrected chi connectivity index (χ1v) is 11.2. The van der Waals surface area contributed by atoms with Crippen molar-refractivity contribution in [1.29, 1.82) is 0 Å². The van der Waals surface area contributed by atoms with Gasteiger partial charge in [-0.05, 0) is 39.2 Å². The Bertz CT molecular complexity index is 1070. The molecule has 4 rings (SSSR count). The largest absolute Gasteiger partial charge is 0.481 e. The van der Waals surface area contributed by atoms with Gasteiger partial charge in [0.2, 0.25) is 0 Å². The maximum absolute atomic E-state index is 11.6. The van der Waals surface area contributed by atoms with Crippen molar-refractivity contribution < 1.29 is 9.90 Å². The van der Waals surface area contributed by atoms with Crippen LogP contribution in [0.3, 0.4) is 0 Å². The summed E-state index contributed by atoms with van der Waals surface area (Å²) < 4.78 is 2.08. The van der Waals surface area contributed by atoms with Crippen molar-refractivity contribution in [3.05, 3.63) is 63.6 Å². The molecule has 1 atom stereocenters. The zero-order valence-electron chi connectivity index (χ0n) is 18.1. The third-order valence-electron chi connectivity index (χ3n) is 5.10. The summed E-state index contributed by atoms with van der Waals surface area (Å²) in [5.74, 6) is 0.549. The molecule has 0 amide bonds. The van der Waals surface area contributed by atoms with E-state index >= 15 is 0 Å². The van der Waals surface area contributed by atoms with Gasteiger partial charge in [-0.25, -0.2) is 0 Å². The van der Waals surface area contributed by atoms with E-state index in [1.807, 2.05) is 52.8 Å². The predicted octanol–water partition coefficient (Wildman–Crippen LogP) is 4.84. The van der Waals surface area contributed by atoms with E-state index in [1.165, 1.54) is 0 Å². The van der Waals surface area contributed by atoms with Crippen LogP contribution in [-0.2, 0) is 24.2 Å². The van der Waals surface area contributed by atoms with Gasteiger partial charge in [-0.3, -0.25) is 14.4 Å². The second-order valence-electron chi connectivity index (χ2n) is 6.94. The summed E-state index contributed by atoms with van der Waals surface area (Å²) >= 11 is 1.65. The van der Waals surface area contributed by atoms with Crippen molar-refractivity contribution in [3.8, 4) is 5.00 Å². The minimum Gasteiger partial charge on any atom is -0.481 e. The lowest BCUT2D eigenvalue weighted by molar-refractivity contribution is -0.141. The van der Waals surface area contributed by atoms with Crippen molar-refractivity contribution >= 4 is 23.0 Å². The fraction of sp³-hybridized carbons (Fsp3) is 0.391. The van der Waals surface area contributed by atoms with Gasteiger partial charge in [-0.1, -0.05) is 44.2 Å². The zero-order valence-corrected chi connectivity index (χ0v) is 19.0. The third-order valence-corrected chi connectivity index (χ3v) is 6.34. The molecule has 3 heterocycles. The molecule has 0 saturated carbocycles. The Hall–Kier alpha value is -2.80. The number of thiophene rings is 1. The van der Waals surface area contributed by atoms with Crippen LogP contribution in [0.1, 0.15) is 55.3 Å². The first kappa shape index (κ1) is 21.9. The summed E-state index contributed by atoms with van der Waals surface area (Å²) in [4.78, 5) is 17.6. The number of aromatic nitrogens is 3. The molecule has 6 nitrogen and oxygen atoms in total. The molecule has 0 fully saturated rings. The SMILES string of the molecule is CC.C\C=C/C=C(\C=C/C)C1=NCc2nnc(C)n2-c2sc3c(c21)CC(C(=O)O)C3. The monoisotopic (exact) mass is 424 g/mol. The zero-order chi connectivity index (χ0) is 21.8. The Balaban J connectivity index is 0.00000124. The van der Waals surface area contributed by atoms with Crippen LogP contribution in [0, 0.1) is 12.8 Å². The lowest BCUT2D eigenvalue weighted by atomic mass is 9.97. The molecule has 1 aliphatic carbocycles. The second kappa shape index (κ2) is 9.34. The van der Waals surface area contributed by atoms with Gasteiger partial charge in [-0.15, -0.1) is 21.5 Å². The van der Waals surface area contributed by atoms with Gasteiger partial charge in [0.15, 0.2) is 5.82 Å². The van der Waals surface area contributed by atoms with Crippen molar-refractivity contribution in [2.45, 2.75) is 54.0 Å². The average Bonchev–Trinajstić information content (AvgIpc) is 3.38. The highest BCUT2D eigenvalue weighted by atomic mass is 32.1. The molecule has 0 bridgehead atoms. The van der Waals surface area contributed by atoms with Gasteiger partial charge in [0.05, 0.1) is 11.6 Å². The number of fused-ring (bicyclic) bond motifs is 5. The number of allylic oxidation sites excluding steroid dienone is 6. The molecule has 0 saturated heterocycles. The molecular weight excluding hydrogens is 396 g/mol. The topological polar surface area (TPSA) is 80.4 Å². The van der Waals surface area contributed by atoms with E-state index in [2.05, 4.69) is 26.9 Å². The van der Waals surface area contributed by atoms with E-state index < -0.39 is 5.97 Å². The molecule has 30 heavy (non-hydrogen) atoms. The molecule has 158 valence electrons. The van der Waals surface area contributed by atoms with E-state index in [1.54, 1.807) is 11.3 Å². The number of carboxylic acid groups (broad SMARTS) is 1. The number of rotatable bonds is 4. The fourth-order valence-electron chi connectivity index (χ4n) is 3.83. The van der Waals surface area contributed by atoms with Gasteiger partial charge < -0.3 is 5.11 Å². The summed E-state index contributed by atoms with van der Waals surface area (Å²) in [6, 6.07) is 0. The lowest BCUT2D eigenvalue weighted by Crippen LogP contribution is -2.15. The van der Waals surface area contributed by atoms with Crippen LogP contribution in [0.2, 0.25) is 0 Å². The van der Waals surface area contributed by atoms with Crippen LogP contribution in [0.4, 0.5) is 0 Å². The number of aliphatic carboxylic acids is 1. The Labute approximate surface area is 181 Å². The Morgan fingerprint density at radius 2 is 1.97 bits per heavy atom. The standard InChI is InChI=1S/C21H22N4O2S.C2H6/c1-4-6-8-13(7-5-2)19-18-15-9-14(21(26)27)10-16(15)28-20(18)25-12(3)23-24-17(25)11-22-19;1-2/h4-8,14H,9-11H2,1-3H3,(H,26,27);1-2H3/b6-4-,7-5-,13-8+;. The summed E-state index contributed by atoms with van der Waals surface area (Å²) in [5, 5.41) is 19.1. The van der Waals surface area contributed by atoms with Crippen LogP contribution < -0.4 is 0 Å². The van der Waals surface area contributed by atoms with Gasteiger partial charge in [0.25, 0.3) is 0 Å². The molecule has 0 aromatic carbocycles. The summed E-state index contributed by atoms with van der Waals surface area (Å²) in [6.07, 6.45) is 11.2. The number of aryl methyl sites for hydroxylation is 1. The van der Waals surface area contributed by atoms with Crippen molar-refractivity contribution in [2.24, 2.45) is 10.9 Å². The number of carbonyl (C=O) groups is 1. The van der Waals surface area contributed by atoms with Crippen LogP contribution in [-0.4, -0.2) is 31.6 Å². The van der Waals surface area contributed by atoms with Crippen LogP contribution in [0.25, 0.3) is 5.00 Å². The van der Waals surface area contributed by atoms with Gasteiger partial charge in [-0.2, -0.15) is 0 Å². The van der Waals surface area contributed by atoms with Crippen LogP contribution in [0.5, 0.6) is 0 Å². The Morgan fingerprint density at radius 1 is 1.20 bits per heavy atom. The maximum Gasteiger partial charge on any atom is 0.307 e. The van der Waals surface area contributed by atoms with Gasteiger partial charge in [0, 0.05) is 16.0 Å². The minimum atomic E-state index is -0.733. The van der Waals surface area contributed by atoms with Gasteiger partial charge >= 0.3 is 5.97 Å². The molecule has 7 heteroatoms. The van der Waals surface area contributed by atoms with Gasteiger partial charge in [0.1, 0.15) is 17.4 Å². The average molecular weight is 425 g/mol. The van der Waals surface area contributed by atoms with Crippen molar-refractivity contribution in [2.75, 3.05) is 0 Å². The number of hydrogen-bond acceptors (Lipinski definition) is 5. The molecule has 2 aliphatic rings. The predicted molar refractivity (Wildman–Crippen MR) is 122 cm³/mol. The molecule has 0 radical (unpaired) electrons. The van der Waals surface area contributed by atoms with Crippen molar-refractivity contribution in [3.63, 3.8) is 0 Å². The molecule has 1 unspecified atom stereocenters. The van der Waals surface area contributed by atoms with E-state index in [0.717, 1.165) is 43.9 Å². The van der Waals surface area contributed by atoms with Crippen LogP contribution in [0.15, 0.2) is 40.9 Å². The summed E-state index contributed by atoms with van der Waals surface area (Å²) in [5.41, 5.74) is 4.07. The Kier molecular flexibility index (Phi) is 6.82.